The average molecular weight is 349 g/mol. The van der Waals surface area contributed by atoms with Gasteiger partial charge in [0.2, 0.25) is 11.8 Å². The van der Waals surface area contributed by atoms with Crippen molar-refractivity contribution in [1.82, 2.24) is 10.2 Å². The van der Waals surface area contributed by atoms with Crippen LogP contribution in [0, 0.1) is 0 Å². The third-order valence-corrected chi connectivity index (χ3v) is 4.63. The number of imide groups is 2. The van der Waals surface area contributed by atoms with E-state index in [-0.39, 0.29) is 24.0 Å². The lowest BCUT2D eigenvalue weighted by Crippen LogP contribution is -2.56. The topological polar surface area (TPSA) is 86.8 Å². The molecule has 3 heterocycles. The number of fused-ring (bicyclic) bond motifs is 1. The van der Waals surface area contributed by atoms with Gasteiger partial charge in [-0.1, -0.05) is 0 Å². The van der Waals surface area contributed by atoms with Gasteiger partial charge in [-0.05, 0) is 24.6 Å². The summed E-state index contributed by atoms with van der Waals surface area (Å²) in [4.78, 5) is 50.6. The highest BCUT2D eigenvalue weighted by Crippen LogP contribution is 2.35. The highest BCUT2D eigenvalue weighted by molar-refractivity contribution is 6.23. The Bertz CT molecular complexity index is 831. The van der Waals surface area contributed by atoms with Crippen LogP contribution in [-0.2, 0) is 9.59 Å². The van der Waals surface area contributed by atoms with Gasteiger partial charge in [0.1, 0.15) is 6.04 Å². The first-order valence-electron chi connectivity index (χ1n) is 7.75. The van der Waals surface area contributed by atoms with E-state index >= 15 is 0 Å². The third kappa shape index (κ3) is 2.38. The van der Waals surface area contributed by atoms with E-state index < -0.39 is 48.7 Å². The summed E-state index contributed by atoms with van der Waals surface area (Å²) in [5.74, 6) is -5.15. The van der Waals surface area contributed by atoms with Crippen molar-refractivity contribution in [2.75, 3.05) is 18.0 Å². The molecule has 2 saturated heterocycles. The largest absolute Gasteiger partial charge is 0.359 e. The van der Waals surface area contributed by atoms with Gasteiger partial charge in [-0.25, -0.2) is 8.78 Å². The molecule has 25 heavy (non-hydrogen) atoms. The Morgan fingerprint density at radius 1 is 1.04 bits per heavy atom. The van der Waals surface area contributed by atoms with Crippen LogP contribution in [0.4, 0.5) is 14.5 Å². The zero-order valence-corrected chi connectivity index (χ0v) is 12.9. The minimum absolute atomic E-state index is 0.0396. The molecule has 3 aliphatic rings. The maximum atomic E-state index is 13.0. The van der Waals surface area contributed by atoms with Gasteiger partial charge in [-0.2, -0.15) is 0 Å². The van der Waals surface area contributed by atoms with E-state index in [0.29, 0.717) is 5.69 Å². The quantitative estimate of drug-likeness (QED) is 0.788. The molecule has 4 rings (SSSR count). The molecule has 7 nitrogen and oxygen atoms in total. The van der Waals surface area contributed by atoms with Crippen LogP contribution in [-0.4, -0.2) is 53.6 Å². The van der Waals surface area contributed by atoms with Crippen LogP contribution in [0.25, 0.3) is 0 Å². The van der Waals surface area contributed by atoms with E-state index in [1.54, 1.807) is 0 Å². The maximum Gasteiger partial charge on any atom is 0.282 e. The van der Waals surface area contributed by atoms with Gasteiger partial charge < -0.3 is 4.90 Å². The second kappa shape index (κ2) is 5.08. The summed E-state index contributed by atoms with van der Waals surface area (Å²) in [5.41, 5.74) is 0.643. The van der Waals surface area contributed by atoms with Crippen molar-refractivity contribution < 1.29 is 28.0 Å². The zero-order valence-electron chi connectivity index (χ0n) is 12.9. The number of nitrogens with zero attached hydrogens (tertiary/aromatic N) is 2. The smallest absolute Gasteiger partial charge is 0.282 e. The lowest BCUT2D eigenvalue weighted by atomic mass is 10.0. The molecule has 1 aromatic rings. The molecule has 0 aliphatic carbocycles. The average Bonchev–Trinajstić information content (AvgIpc) is 2.77. The molecule has 1 unspecified atom stereocenters. The molecular formula is C16H13F2N3O4. The van der Waals surface area contributed by atoms with Crippen molar-refractivity contribution in [3.8, 4) is 0 Å². The first-order chi connectivity index (χ1) is 11.8. The summed E-state index contributed by atoms with van der Waals surface area (Å²) in [7, 11) is 0. The molecule has 0 radical (unpaired) electrons. The molecule has 0 aromatic heterocycles. The molecule has 0 spiro atoms. The van der Waals surface area contributed by atoms with Gasteiger partial charge >= 0.3 is 0 Å². The Morgan fingerprint density at radius 3 is 2.36 bits per heavy atom. The molecule has 0 bridgehead atoms. The predicted molar refractivity (Wildman–Crippen MR) is 80.3 cm³/mol. The van der Waals surface area contributed by atoms with Crippen LogP contribution in [0.2, 0.25) is 0 Å². The molecular weight excluding hydrogens is 336 g/mol. The van der Waals surface area contributed by atoms with Gasteiger partial charge in [0.25, 0.3) is 17.7 Å². The van der Waals surface area contributed by atoms with Crippen molar-refractivity contribution in [2.45, 2.75) is 24.8 Å². The van der Waals surface area contributed by atoms with Crippen molar-refractivity contribution >= 4 is 29.3 Å². The predicted octanol–water partition coefficient (Wildman–Crippen LogP) is 0.543. The third-order valence-electron chi connectivity index (χ3n) is 4.63. The highest BCUT2D eigenvalue weighted by atomic mass is 19.3. The number of carbonyl (C=O) groups excluding carboxylic acids is 4. The van der Waals surface area contributed by atoms with E-state index in [1.165, 1.54) is 23.1 Å². The molecule has 0 saturated carbocycles. The van der Waals surface area contributed by atoms with Gasteiger partial charge in [-0.3, -0.25) is 29.4 Å². The summed E-state index contributed by atoms with van der Waals surface area (Å²) >= 11 is 0. The Kier molecular flexibility index (Phi) is 3.18. The zero-order chi connectivity index (χ0) is 17.9. The van der Waals surface area contributed by atoms with Crippen LogP contribution in [0.1, 0.15) is 33.6 Å². The minimum atomic E-state index is -2.75. The number of benzene rings is 1. The molecule has 1 aromatic carbocycles. The first-order valence-corrected chi connectivity index (χ1v) is 7.75. The fourth-order valence-corrected chi connectivity index (χ4v) is 3.35. The minimum Gasteiger partial charge on any atom is -0.359 e. The molecule has 9 heteroatoms. The van der Waals surface area contributed by atoms with E-state index in [9.17, 15) is 28.0 Å². The summed E-state index contributed by atoms with van der Waals surface area (Å²) < 4.78 is 26.0. The van der Waals surface area contributed by atoms with Crippen LogP contribution in [0.3, 0.4) is 0 Å². The number of piperidine rings is 1. The van der Waals surface area contributed by atoms with E-state index in [2.05, 4.69) is 5.32 Å². The van der Waals surface area contributed by atoms with Crippen molar-refractivity contribution in [3.05, 3.63) is 29.3 Å². The standard InChI is InChI=1S/C16H13F2N3O4/c17-16(18)6-20(7-16)8-1-2-9-10(5-8)15(25)21(14(9)24)11-3-4-12(22)19-13(11)23/h1-2,5,11H,3-4,6-7H2,(H,19,22,23). The van der Waals surface area contributed by atoms with Crippen LogP contribution >= 0.6 is 0 Å². The van der Waals surface area contributed by atoms with Crippen LogP contribution in [0.15, 0.2) is 18.2 Å². The number of anilines is 1. The fourth-order valence-electron chi connectivity index (χ4n) is 3.35. The Labute approximate surface area is 140 Å². The number of hydrogen-bond donors (Lipinski definition) is 1. The summed E-state index contributed by atoms with van der Waals surface area (Å²) in [6.07, 6.45) is 0.110. The molecule has 2 fully saturated rings. The Hall–Kier alpha value is -2.84. The first kappa shape index (κ1) is 15.7. The van der Waals surface area contributed by atoms with Crippen molar-refractivity contribution in [1.29, 1.82) is 0 Å². The second-order valence-electron chi connectivity index (χ2n) is 6.39. The maximum absolute atomic E-state index is 13.0. The van der Waals surface area contributed by atoms with E-state index in [0.717, 1.165) is 4.90 Å². The van der Waals surface area contributed by atoms with Gasteiger partial charge in [-0.15, -0.1) is 0 Å². The van der Waals surface area contributed by atoms with Gasteiger partial charge in [0.05, 0.1) is 24.2 Å². The molecule has 1 N–H and O–H groups in total. The molecule has 130 valence electrons. The fraction of sp³-hybridized carbons (Fsp3) is 0.375. The summed E-state index contributed by atoms with van der Waals surface area (Å²) in [5, 5.41) is 2.12. The summed E-state index contributed by atoms with van der Waals surface area (Å²) in [6, 6.07) is 3.28. The Morgan fingerprint density at radius 2 is 1.72 bits per heavy atom. The van der Waals surface area contributed by atoms with Crippen molar-refractivity contribution in [3.63, 3.8) is 0 Å². The van der Waals surface area contributed by atoms with Crippen molar-refractivity contribution in [2.24, 2.45) is 0 Å². The Balaban J connectivity index is 1.62. The second-order valence-corrected chi connectivity index (χ2v) is 6.39. The number of rotatable bonds is 2. The number of amides is 4. The monoisotopic (exact) mass is 349 g/mol. The molecule has 1 atom stereocenters. The van der Waals surface area contributed by atoms with Gasteiger partial charge in [0, 0.05) is 12.1 Å². The number of hydrogen-bond acceptors (Lipinski definition) is 5. The number of halogens is 2. The number of carbonyl (C=O) groups is 4. The van der Waals surface area contributed by atoms with E-state index in [4.69, 9.17) is 0 Å². The number of alkyl halides is 2. The lowest BCUT2D eigenvalue weighted by molar-refractivity contribution is -0.136. The highest BCUT2D eigenvalue weighted by Gasteiger charge is 2.47. The summed E-state index contributed by atoms with van der Waals surface area (Å²) in [6.45, 7) is -0.879. The number of nitrogens with one attached hydrogen (secondary N) is 1. The van der Waals surface area contributed by atoms with Crippen LogP contribution < -0.4 is 10.2 Å². The normalized spacial score (nSPS) is 25.0. The lowest BCUT2D eigenvalue weighted by Gasteiger charge is -2.40. The molecule has 3 aliphatic heterocycles. The van der Waals surface area contributed by atoms with Crippen LogP contribution in [0.5, 0.6) is 0 Å². The SMILES string of the molecule is O=C1CCC(N2C(=O)c3ccc(N4CC(F)(F)C4)cc3C2=O)C(=O)N1. The molecule has 4 amide bonds. The van der Waals surface area contributed by atoms with Gasteiger partial charge in [0.15, 0.2) is 0 Å². The van der Waals surface area contributed by atoms with E-state index in [1.807, 2.05) is 0 Å².